The van der Waals surface area contributed by atoms with Gasteiger partial charge < -0.3 is 9.47 Å². The zero-order valence-corrected chi connectivity index (χ0v) is 17.9. The molecule has 0 radical (unpaired) electrons. The standard InChI is InChI=1S/C25H42O2/c1-3-5-7-9-11-13-15-22(14-12-10-8-6-4-2)23-16-18-24(19-17-23)26-20-25-21-27-25/h16-19,22,25H,3-15,20-21H2,1-2H3. The van der Waals surface area contributed by atoms with Gasteiger partial charge in [0.2, 0.25) is 0 Å². The van der Waals surface area contributed by atoms with Gasteiger partial charge in [0.25, 0.3) is 0 Å². The minimum absolute atomic E-state index is 0.327. The van der Waals surface area contributed by atoms with Gasteiger partial charge in [0.05, 0.1) is 6.61 Å². The normalized spacial score (nSPS) is 17.0. The molecule has 2 rings (SSSR count). The molecule has 2 nitrogen and oxygen atoms in total. The van der Waals surface area contributed by atoms with Crippen LogP contribution in [0.15, 0.2) is 24.3 Å². The van der Waals surface area contributed by atoms with Crippen LogP contribution in [0.4, 0.5) is 0 Å². The Hall–Kier alpha value is -1.02. The Morgan fingerprint density at radius 1 is 0.815 bits per heavy atom. The molecular weight excluding hydrogens is 332 g/mol. The predicted octanol–water partition coefficient (Wildman–Crippen LogP) is 7.66. The first-order valence-corrected chi connectivity index (χ1v) is 11.7. The number of hydrogen-bond donors (Lipinski definition) is 0. The van der Waals surface area contributed by atoms with E-state index >= 15 is 0 Å². The lowest BCUT2D eigenvalue weighted by molar-refractivity contribution is 0.263. The summed E-state index contributed by atoms with van der Waals surface area (Å²) in [5, 5.41) is 0. The van der Waals surface area contributed by atoms with Crippen molar-refractivity contribution in [3.63, 3.8) is 0 Å². The quantitative estimate of drug-likeness (QED) is 0.206. The SMILES string of the molecule is CCCCCCCCC(CCCCCCC)c1ccc(OCC2CO2)cc1. The van der Waals surface area contributed by atoms with Gasteiger partial charge in [0, 0.05) is 0 Å². The Balaban J connectivity index is 1.77. The summed E-state index contributed by atoms with van der Waals surface area (Å²) in [6.45, 7) is 6.13. The molecule has 1 fully saturated rings. The Kier molecular flexibility index (Phi) is 11.6. The highest BCUT2D eigenvalue weighted by Crippen LogP contribution is 2.30. The molecule has 0 amide bonds. The molecule has 0 aliphatic carbocycles. The molecule has 2 unspecified atom stereocenters. The molecule has 0 N–H and O–H groups in total. The van der Waals surface area contributed by atoms with Crippen LogP contribution in [-0.2, 0) is 4.74 Å². The zero-order valence-electron chi connectivity index (χ0n) is 17.9. The summed E-state index contributed by atoms with van der Waals surface area (Å²) in [6, 6.07) is 8.92. The fourth-order valence-corrected chi connectivity index (χ4v) is 3.83. The van der Waals surface area contributed by atoms with Gasteiger partial charge in [-0.15, -0.1) is 0 Å². The van der Waals surface area contributed by atoms with Gasteiger partial charge in [-0.05, 0) is 36.5 Å². The van der Waals surface area contributed by atoms with E-state index in [2.05, 4.69) is 38.1 Å². The number of unbranched alkanes of at least 4 members (excludes halogenated alkanes) is 9. The summed E-state index contributed by atoms with van der Waals surface area (Å²) in [4.78, 5) is 0. The Labute approximate surface area is 168 Å². The maximum atomic E-state index is 5.80. The van der Waals surface area contributed by atoms with E-state index < -0.39 is 0 Å². The highest BCUT2D eigenvalue weighted by molar-refractivity contribution is 5.29. The third-order valence-corrected chi connectivity index (χ3v) is 5.75. The summed E-state index contributed by atoms with van der Waals surface area (Å²) in [5.74, 6) is 1.70. The highest BCUT2D eigenvalue weighted by atomic mass is 16.6. The molecule has 27 heavy (non-hydrogen) atoms. The van der Waals surface area contributed by atoms with Gasteiger partial charge in [0.1, 0.15) is 18.5 Å². The molecule has 0 spiro atoms. The molecule has 1 aromatic rings. The van der Waals surface area contributed by atoms with Crippen molar-refractivity contribution in [3.05, 3.63) is 29.8 Å². The number of benzene rings is 1. The van der Waals surface area contributed by atoms with Crippen molar-refractivity contribution in [1.29, 1.82) is 0 Å². The van der Waals surface area contributed by atoms with E-state index in [0.717, 1.165) is 18.3 Å². The summed E-state index contributed by atoms with van der Waals surface area (Å²) >= 11 is 0. The van der Waals surface area contributed by atoms with E-state index in [0.29, 0.717) is 12.7 Å². The van der Waals surface area contributed by atoms with Gasteiger partial charge in [-0.3, -0.25) is 0 Å². The molecule has 154 valence electrons. The Morgan fingerprint density at radius 3 is 1.85 bits per heavy atom. The van der Waals surface area contributed by atoms with Crippen molar-refractivity contribution < 1.29 is 9.47 Å². The van der Waals surface area contributed by atoms with Crippen LogP contribution in [0.1, 0.15) is 109 Å². The van der Waals surface area contributed by atoms with E-state index in [1.165, 1.54) is 89.0 Å². The second-order valence-electron chi connectivity index (χ2n) is 8.29. The molecule has 2 atom stereocenters. The van der Waals surface area contributed by atoms with Gasteiger partial charge in [-0.2, -0.15) is 0 Å². The molecule has 0 aromatic heterocycles. The summed E-state index contributed by atoms with van der Waals surface area (Å²) in [5.41, 5.74) is 1.51. The molecule has 2 heteroatoms. The average molecular weight is 375 g/mol. The number of ether oxygens (including phenoxy) is 2. The zero-order chi connectivity index (χ0) is 19.2. The lowest BCUT2D eigenvalue weighted by Crippen LogP contribution is -2.04. The smallest absolute Gasteiger partial charge is 0.119 e. The topological polar surface area (TPSA) is 21.8 Å². The first-order valence-electron chi connectivity index (χ1n) is 11.7. The minimum atomic E-state index is 0.327. The molecule has 1 saturated heterocycles. The van der Waals surface area contributed by atoms with Gasteiger partial charge >= 0.3 is 0 Å². The second-order valence-corrected chi connectivity index (χ2v) is 8.29. The summed E-state index contributed by atoms with van der Waals surface area (Å²) in [7, 11) is 0. The Morgan fingerprint density at radius 2 is 1.33 bits per heavy atom. The molecule has 0 saturated carbocycles. The number of hydrogen-bond acceptors (Lipinski definition) is 2. The molecule has 1 heterocycles. The van der Waals surface area contributed by atoms with Crippen LogP contribution in [0.25, 0.3) is 0 Å². The van der Waals surface area contributed by atoms with E-state index in [4.69, 9.17) is 9.47 Å². The third-order valence-electron chi connectivity index (χ3n) is 5.75. The molecule has 1 aliphatic rings. The van der Waals surface area contributed by atoms with Gasteiger partial charge in [-0.25, -0.2) is 0 Å². The fourth-order valence-electron chi connectivity index (χ4n) is 3.83. The molecular formula is C25H42O2. The maximum Gasteiger partial charge on any atom is 0.119 e. The van der Waals surface area contributed by atoms with Crippen LogP contribution >= 0.6 is 0 Å². The van der Waals surface area contributed by atoms with Crippen LogP contribution in [-0.4, -0.2) is 19.3 Å². The molecule has 0 bridgehead atoms. The Bertz CT molecular complexity index is 464. The second kappa shape index (κ2) is 14.0. The number of rotatable bonds is 17. The lowest BCUT2D eigenvalue weighted by Gasteiger charge is -2.18. The van der Waals surface area contributed by atoms with E-state index in [1.54, 1.807) is 0 Å². The average Bonchev–Trinajstić information content (AvgIpc) is 3.52. The highest BCUT2D eigenvalue weighted by Gasteiger charge is 2.23. The van der Waals surface area contributed by atoms with Crippen LogP contribution in [0.3, 0.4) is 0 Å². The van der Waals surface area contributed by atoms with Crippen LogP contribution in [0.2, 0.25) is 0 Å². The van der Waals surface area contributed by atoms with Crippen molar-refractivity contribution in [2.24, 2.45) is 0 Å². The summed E-state index contributed by atoms with van der Waals surface area (Å²) in [6.07, 6.45) is 18.2. The first kappa shape index (κ1) is 22.3. The minimum Gasteiger partial charge on any atom is -0.491 e. The van der Waals surface area contributed by atoms with Gasteiger partial charge in [-0.1, -0.05) is 96.6 Å². The first-order chi connectivity index (χ1) is 13.3. The van der Waals surface area contributed by atoms with E-state index in [1.807, 2.05) is 0 Å². The van der Waals surface area contributed by atoms with Crippen molar-refractivity contribution >= 4 is 0 Å². The van der Waals surface area contributed by atoms with Gasteiger partial charge in [0.15, 0.2) is 0 Å². The lowest BCUT2D eigenvalue weighted by atomic mass is 9.88. The largest absolute Gasteiger partial charge is 0.491 e. The van der Waals surface area contributed by atoms with E-state index in [9.17, 15) is 0 Å². The predicted molar refractivity (Wildman–Crippen MR) is 116 cm³/mol. The molecule has 1 aromatic carbocycles. The fraction of sp³-hybridized carbons (Fsp3) is 0.760. The van der Waals surface area contributed by atoms with E-state index in [-0.39, 0.29) is 0 Å². The van der Waals surface area contributed by atoms with Crippen LogP contribution in [0, 0.1) is 0 Å². The van der Waals surface area contributed by atoms with Crippen molar-refractivity contribution in [2.75, 3.05) is 13.2 Å². The van der Waals surface area contributed by atoms with Crippen LogP contribution < -0.4 is 4.74 Å². The molecule has 1 aliphatic heterocycles. The maximum absolute atomic E-state index is 5.80. The van der Waals surface area contributed by atoms with Crippen molar-refractivity contribution in [2.45, 2.75) is 109 Å². The van der Waals surface area contributed by atoms with Crippen LogP contribution in [0.5, 0.6) is 5.75 Å². The van der Waals surface area contributed by atoms with Crippen molar-refractivity contribution in [3.8, 4) is 5.75 Å². The number of epoxide rings is 1. The summed E-state index contributed by atoms with van der Waals surface area (Å²) < 4.78 is 11.0. The van der Waals surface area contributed by atoms with Crippen molar-refractivity contribution in [1.82, 2.24) is 0 Å². The third kappa shape index (κ3) is 10.2. The monoisotopic (exact) mass is 374 g/mol.